The summed E-state index contributed by atoms with van der Waals surface area (Å²) in [4.78, 5) is 23.2. The first-order valence-corrected chi connectivity index (χ1v) is 12.6. The number of aromatic nitrogens is 3. The van der Waals surface area contributed by atoms with Crippen molar-refractivity contribution in [3.63, 3.8) is 0 Å². The van der Waals surface area contributed by atoms with E-state index in [2.05, 4.69) is 14.7 Å². The van der Waals surface area contributed by atoms with Crippen LogP contribution in [0.3, 0.4) is 0 Å². The van der Waals surface area contributed by atoms with Gasteiger partial charge in [0.15, 0.2) is 5.13 Å². The fourth-order valence-corrected chi connectivity index (χ4v) is 5.81. The number of fused-ring (bicyclic) bond motifs is 1. The molecule has 1 atom stereocenters. The Bertz CT molecular complexity index is 1420. The van der Waals surface area contributed by atoms with E-state index < -0.39 is 16.1 Å². The summed E-state index contributed by atoms with van der Waals surface area (Å²) < 4.78 is 29.3. The molecule has 0 aliphatic carbocycles. The summed E-state index contributed by atoms with van der Waals surface area (Å²) in [7, 11) is -3.76. The van der Waals surface area contributed by atoms with E-state index in [-0.39, 0.29) is 10.8 Å². The zero-order valence-corrected chi connectivity index (χ0v) is 19.4. The smallest absolute Gasteiger partial charge is 0.263 e. The summed E-state index contributed by atoms with van der Waals surface area (Å²) in [6.07, 6.45) is 3.71. The van der Waals surface area contributed by atoms with Gasteiger partial charge in [0, 0.05) is 23.8 Å². The number of hydrogen-bond acceptors (Lipinski definition) is 6. The second-order valence-corrected chi connectivity index (χ2v) is 10.5. The van der Waals surface area contributed by atoms with Gasteiger partial charge in [-0.3, -0.25) is 9.52 Å². The fraction of sp³-hybridized carbons (Fsp3) is 0.150. The highest BCUT2D eigenvalue weighted by Gasteiger charge is 2.34. The molecule has 0 unspecified atom stereocenters. The Morgan fingerprint density at radius 3 is 2.56 bits per heavy atom. The van der Waals surface area contributed by atoms with Crippen LogP contribution in [0.1, 0.15) is 12.5 Å². The van der Waals surface area contributed by atoms with Crippen molar-refractivity contribution in [2.75, 3.05) is 16.2 Å². The number of sulfonamides is 1. The molecule has 12 heteroatoms. The highest BCUT2D eigenvalue weighted by Crippen LogP contribution is 2.34. The summed E-state index contributed by atoms with van der Waals surface area (Å²) in [6.45, 7) is 0.494. The molecular formula is C20H15Cl2N5O3S2. The van der Waals surface area contributed by atoms with Crippen LogP contribution in [0.25, 0.3) is 11.0 Å². The number of benzene rings is 2. The molecule has 5 rings (SSSR count). The Morgan fingerprint density at radius 1 is 1.09 bits per heavy atom. The molecular weight excluding hydrogens is 493 g/mol. The summed E-state index contributed by atoms with van der Waals surface area (Å²) in [6, 6.07) is 9.13. The molecule has 4 aromatic rings. The number of hydrogen-bond donors (Lipinski definition) is 1. The largest absolute Gasteiger partial charge is 0.318 e. The van der Waals surface area contributed by atoms with E-state index in [1.807, 2.05) is 0 Å². The van der Waals surface area contributed by atoms with Gasteiger partial charge in [0.2, 0.25) is 5.91 Å². The van der Waals surface area contributed by atoms with Crippen LogP contribution in [0.4, 0.5) is 10.8 Å². The fourth-order valence-electron chi connectivity index (χ4n) is 3.70. The van der Waals surface area contributed by atoms with Crippen molar-refractivity contribution in [3.8, 4) is 0 Å². The monoisotopic (exact) mass is 507 g/mol. The van der Waals surface area contributed by atoms with Crippen LogP contribution in [0.15, 0.2) is 59.2 Å². The maximum atomic E-state index is 13.2. The van der Waals surface area contributed by atoms with Crippen molar-refractivity contribution in [2.24, 2.45) is 0 Å². The maximum absolute atomic E-state index is 13.2. The number of imidazole rings is 1. The number of nitrogens with zero attached hydrogens (tertiary/aromatic N) is 4. The number of carbonyl (C=O) groups is 1. The topological polar surface area (TPSA) is 97.2 Å². The lowest BCUT2D eigenvalue weighted by atomic mass is 10.2. The molecule has 1 saturated heterocycles. The molecule has 1 N–H and O–H groups in total. The average molecular weight is 508 g/mol. The molecule has 2 aromatic carbocycles. The van der Waals surface area contributed by atoms with Gasteiger partial charge in [-0.1, -0.05) is 23.2 Å². The Kier molecular flexibility index (Phi) is 5.32. The van der Waals surface area contributed by atoms with Crippen LogP contribution in [0, 0.1) is 0 Å². The van der Waals surface area contributed by atoms with Crippen molar-refractivity contribution in [1.29, 1.82) is 0 Å². The van der Waals surface area contributed by atoms with E-state index in [0.29, 0.717) is 39.3 Å². The van der Waals surface area contributed by atoms with E-state index in [1.165, 1.54) is 29.7 Å². The Hall–Kier alpha value is -2.66. The van der Waals surface area contributed by atoms with Gasteiger partial charge in [0.1, 0.15) is 6.04 Å². The minimum absolute atomic E-state index is 0.0896. The molecule has 1 aliphatic rings. The zero-order chi connectivity index (χ0) is 22.5. The quantitative estimate of drug-likeness (QED) is 0.426. The number of rotatable bonds is 5. The Balaban J connectivity index is 1.38. The number of thiazole rings is 1. The molecule has 1 aliphatic heterocycles. The van der Waals surface area contributed by atoms with Gasteiger partial charge in [-0.25, -0.2) is 18.4 Å². The van der Waals surface area contributed by atoms with Crippen LogP contribution >= 0.6 is 34.5 Å². The molecule has 0 radical (unpaired) electrons. The van der Waals surface area contributed by atoms with Crippen molar-refractivity contribution < 1.29 is 13.2 Å². The van der Waals surface area contributed by atoms with Gasteiger partial charge in [-0.05, 0) is 42.8 Å². The first-order chi connectivity index (χ1) is 15.3. The third-order valence-electron chi connectivity index (χ3n) is 5.24. The van der Waals surface area contributed by atoms with Gasteiger partial charge in [-0.2, -0.15) is 0 Å². The number of halogens is 2. The second kappa shape index (κ2) is 8.04. The molecule has 164 valence electrons. The molecule has 1 amide bonds. The number of carbonyl (C=O) groups excluding carboxylic acids is 1. The Labute approximate surface area is 197 Å². The van der Waals surface area contributed by atoms with E-state index in [4.69, 9.17) is 23.2 Å². The lowest BCUT2D eigenvalue weighted by Gasteiger charge is -2.18. The van der Waals surface area contributed by atoms with Crippen LogP contribution in [0.5, 0.6) is 0 Å². The van der Waals surface area contributed by atoms with Crippen LogP contribution in [-0.2, 0) is 14.8 Å². The van der Waals surface area contributed by atoms with Crippen molar-refractivity contribution in [1.82, 2.24) is 14.5 Å². The SMILES string of the molecule is O=C1[C@@H](n2cnc3cc(Cl)c(Cl)cc32)CCN1c1ccc(S(=O)(=O)Nc2nccs2)cc1. The summed E-state index contributed by atoms with van der Waals surface area (Å²) >= 11 is 13.4. The molecule has 2 aromatic heterocycles. The third kappa shape index (κ3) is 3.73. The summed E-state index contributed by atoms with van der Waals surface area (Å²) in [5.74, 6) is -0.105. The lowest BCUT2D eigenvalue weighted by Crippen LogP contribution is -2.28. The van der Waals surface area contributed by atoms with E-state index in [1.54, 1.807) is 45.4 Å². The number of anilines is 2. The first kappa shape index (κ1) is 21.2. The summed E-state index contributed by atoms with van der Waals surface area (Å²) in [5.41, 5.74) is 2.01. The van der Waals surface area contributed by atoms with Crippen molar-refractivity contribution >= 4 is 72.3 Å². The second-order valence-electron chi connectivity index (χ2n) is 7.14. The van der Waals surface area contributed by atoms with Gasteiger partial charge < -0.3 is 9.47 Å². The predicted molar refractivity (Wildman–Crippen MR) is 125 cm³/mol. The third-order valence-corrected chi connectivity index (χ3v) is 8.14. The van der Waals surface area contributed by atoms with Gasteiger partial charge in [0.25, 0.3) is 10.0 Å². The average Bonchev–Trinajstić information content (AvgIpc) is 3.49. The van der Waals surface area contributed by atoms with E-state index in [9.17, 15) is 13.2 Å². The highest BCUT2D eigenvalue weighted by molar-refractivity contribution is 7.93. The predicted octanol–water partition coefficient (Wildman–Crippen LogP) is 4.58. The van der Waals surface area contributed by atoms with Crippen LogP contribution < -0.4 is 9.62 Å². The van der Waals surface area contributed by atoms with Crippen LogP contribution in [0.2, 0.25) is 10.0 Å². The number of nitrogens with one attached hydrogen (secondary N) is 1. The van der Waals surface area contributed by atoms with Crippen molar-refractivity contribution in [2.45, 2.75) is 17.4 Å². The molecule has 0 spiro atoms. The lowest BCUT2D eigenvalue weighted by molar-refractivity contribution is -0.119. The zero-order valence-electron chi connectivity index (χ0n) is 16.3. The molecule has 8 nitrogen and oxygen atoms in total. The van der Waals surface area contributed by atoms with Gasteiger partial charge in [0.05, 0.1) is 32.3 Å². The molecule has 3 heterocycles. The molecule has 0 bridgehead atoms. The van der Waals surface area contributed by atoms with Gasteiger partial charge >= 0.3 is 0 Å². The maximum Gasteiger partial charge on any atom is 0.263 e. The first-order valence-electron chi connectivity index (χ1n) is 9.49. The van der Waals surface area contributed by atoms with E-state index in [0.717, 1.165) is 5.52 Å². The minimum atomic E-state index is -3.76. The normalized spacial score (nSPS) is 16.8. The van der Waals surface area contributed by atoms with Gasteiger partial charge in [-0.15, -0.1) is 11.3 Å². The molecule has 1 fully saturated rings. The standard InChI is InChI=1S/C20H15Cl2N5O3S2/c21-14-9-16-18(10-15(14)22)27(11-24-16)17-5-7-26(19(17)28)12-1-3-13(4-2-12)32(29,30)25-20-23-6-8-31-20/h1-4,6,8-11,17H,5,7H2,(H,23,25)/t17-/m0/s1. The Morgan fingerprint density at radius 2 is 1.84 bits per heavy atom. The summed E-state index contributed by atoms with van der Waals surface area (Å²) in [5, 5.41) is 2.78. The molecule has 32 heavy (non-hydrogen) atoms. The van der Waals surface area contributed by atoms with Crippen LogP contribution in [-0.4, -0.2) is 35.4 Å². The van der Waals surface area contributed by atoms with E-state index >= 15 is 0 Å². The molecule has 0 saturated carbocycles. The number of amides is 1. The highest BCUT2D eigenvalue weighted by atomic mass is 35.5. The van der Waals surface area contributed by atoms with Crippen molar-refractivity contribution in [3.05, 3.63) is 64.3 Å². The minimum Gasteiger partial charge on any atom is -0.318 e.